The van der Waals surface area contributed by atoms with Crippen LogP contribution in [0.3, 0.4) is 0 Å². The van der Waals surface area contributed by atoms with Gasteiger partial charge in [-0.15, -0.1) is 12.4 Å². The summed E-state index contributed by atoms with van der Waals surface area (Å²) in [6.07, 6.45) is 1.60. The molecule has 10 heteroatoms. The van der Waals surface area contributed by atoms with Gasteiger partial charge in [-0.2, -0.15) is 0 Å². The van der Waals surface area contributed by atoms with E-state index in [0.29, 0.717) is 25.1 Å². The second-order valence-corrected chi connectivity index (χ2v) is 10.1. The molecule has 204 valence electrons. The van der Waals surface area contributed by atoms with E-state index >= 15 is 0 Å². The minimum atomic E-state index is -0.582. The average Bonchev–Trinajstić information content (AvgIpc) is 3.22. The number of nitrogens with two attached hydrogens (primary N) is 1. The molecule has 38 heavy (non-hydrogen) atoms. The number of hydrogen-bond donors (Lipinski definition) is 2. The highest BCUT2D eigenvalue weighted by Gasteiger charge is 2.39. The molecule has 3 N–H and O–H groups in total. The molecule has 3 amide bonds. The first-order chi connectivity index (χ1) is 17.9. The Morgan fingerprint density at radius 1 is 1.08 bits per heavy atom. The smallest absolute Gasteiger partial charge is 0.255 e. The van der Waals surface area contributed by atoms with Crippen LogP contribution in [0.15, 0.2) is 42.5 Å². The highest BCUT2D eigenvalue weighted by atomic mass is 35.5. The fraction of sp³-hybridized carbons (Fsp3) is 0.464. The number of carbonyl (C=O) groups excluding carboxylic acids is 3. The van der Waals surface area contributed by atoms with E-state index < -0.39 is 6.04 Å². The van der Waals surface area contributed by atoms with Crippen molar-refractivity contribution < 1.29 is 19.1 Å². The third kappa shape index (κ3) is 6.11. The molecule has 0 saturated carbocycles. The van der Waals surface area contributed by atoms with Crippen molar-refractivity contribution in [2.24, 2.45) is 5.73 Å². The SMILES string of the molecule is CC(N)c1cccc(OCCCN2CCN(c3ccc4c(c3)CN(C3CCC(=O)NC3=O)C4=O)CC2)c1.Cl. The minimum absolute atomic E-state index is 0. The van der Waals surface area contributed by atoms with E-state index in [4.69, 9.17) is 10.5 Å². The third-order valence-electron chi connectivity index (χ3n) is 7.52. The zero-order valence-corrected chi connectivity index (χ0v) is 22.5. The van der Waals surface area contributed by atoms with Crippen LogP contribution in [0.4, 0.5) is 5.69 Å². The lowest BCUT2D eigenvalue weighted by atomic mass is 10.0. The lowest BCUT2D eigenvalue weighted by molar-refractivity contribution is -0.136. The standard InChI is InChI=1S/C28H35N5O4.ClH/c1-19(29)20-4-2-5-23(17-20)37-15-3-10-31-11-13-32(14-12-31)22-6-7-24-21(16-22)18-33(28(24)36)25-8-9-26(34)30-27(25)35;/h2,4-7,16-17,19,25H,3,8-15,18,29H2,1H3,(H,30,34,35);1H. The van der Waals surface area contributed by atoms with Gasteiger partial charge in [0, 0.05) is 63.0 Å². The molecule has 0 aromatic heterocycles. The number of hydrogen-bond acceptors (Lipinski definition) is 7. The van der Waals surface area contributed by atoms with Crippen molar-refractivity contribution in [2.75, 3.05) is 44.2 Å². The zero-order chi connectivity index (χ0) is 25.9. The quantitative estimate of drug-likeness (QED) is 0.390. The molecule has 2 aromatic carbocycles. The summed E-state index contributed by atoms with van der Waals surface area (Å²) in [4.78, 5) is 43.1. The van der Waals surface area contributed by atoms with Crippen LogP contribution in [0.1, 0.15) is 53.7 Å². The van der Waals surface area contributed by atoms with Gasteiger partial charge in [-0.1, -0.05) is 12.1 Å². The van der Waals surface area contributed by atoms with E-state index in [2.05, 4.69) is 21.2 Å². The van der Waals surface area contributed by atoms with Gasteiger partial charge in [-0.05, 0) is 61.2 Å². The summed E-state index contributed by atoms with van der Waals surface area (Å²) < 4.78 is 5.93. The van der Waals surface area contributed by atoms with Crippen molar-refractivity contribution in [3.05, 3.63) is 59.2 Å². The topological polar surface area (TPSA) is 108 Å². The molecule has 3 aliphatic rings. The molecule has 2 saturated heterocycles. The lowest BCUT2D eigenvalue weighted by Crippen LogP contribution is -2.52. The molecule has 0 radical (unpaired) electrons. The lowest BCUT2D eigenvalue weighted by Gasteiger charge is -2.36. The Labute approximate surface area is 229 Å². The molecule has 2 fully saturated rings. The Hall–Kier alpha value is -3.14. The molecule has 5 rings (SSSR count). The summed E-state index contributed by atoms with van der Waals surface area (Å²) in [5.41, 5.74) is 9.74. The number of piperidine rings is 1. The van der Waals surface area contributed by atoms with Gasteiger partial charge in [0.2, 0.25) is 11.8 Å². The van der Waals surface area contributed by atoms with Crippen molar-refractivity contribution in [3.63, 3.8) is 0 Å². The van der Waals surface area contributed by atoms with E-state index in [-0.39, 0.29) is 42.6 Å². The van der Waals surface area contributed by atoms with Crippen LogP contribution in [0.25, 0.3) is 0 Å². The summed E-state index contributed by atoms with van der Waals surface area (Å²) in [6, 6.07) is 13.4. The van der Waals surface area contributed by atoms with Gasteiger partial charge in [0.25, 0.3) is 5.91 Å². The number of rotatable bonds is 8. The molecule has 2 unspecified atom stereocenters. The normalized spacial score (nSPS) is 20.6. The van der Waals surface area contributed by atoms with E-state index in [9.17, 15) is 14.4 Å². The van der Waals surface area contributed by atoms with Gasteiger partial charge in [-0.25, -0.2) is 0 Å². The van der Waals surface area contributed by atoms with Crippen molar-refractivity contribution >= 4 is 35.8 Å². The molecule has 9 nitrogen and oxygen atoms in total. The van der Waals surface area contributed by atoms with Crippen LogP contribution in [0.5, 0.6) is 5.75 Å². The van der Waals surface area contributed by atoms with Gasteiger partial charge >= 0.3 is 0 Å². The van der Waals surface area contributed by atoms with Crippen molar-refractivity contribution in [1.29, 1.82) is 0 Å². The van der Waals surface area contributed by atoms with Crippen LogP contribution in [-0.2, 0) is 16.1 Å². The number of imide groups is 1. The first-order valence-corrected chi connectivity index (χ1v) is 13.1. The Morgan fingerprint density at radius 2 is 1.87 bits per heavy atom. The number of carbonyl (C=O) groups is 3. The average molecular weight is 542 g/mol. The molecule has 2 atom stereocenters. The Morgan fingerprint density at radius 3 is 2.61 bits per heavy atom. The second-order valence-electron chi connectivity index (χ2n) is 10.1. The number of piperazine rings is 1. The fourth-order valence-corrected chi connectivity index (χ4v) is 5.35. The van der Waals surface area contributed by atoms with Crippen molar-refractivity contribution in [2.45, 2.75) is 44.8 Å². The third-order valence-corrected chi connectivity index (χ3v) is 7.52. The number of fused-ring (bicyclic) bond motifs is 1. The maximum Gasteiger partial charge on any atom is 0.255 e. The predicted molar refractivity (Wildman–Crippen MR) is 148 cm³/mol. The molecule has 3 heterocycles. The number of anilines is 1. The van der Waals surface area contributed by atoms with E-state index in [1.165, 1.54) is 0 Å². The number of ether oxygens (including phenoxy) is 1. The Balaban J connectivity index is 0.00000336. The maximum atomic E-state index is 12.9. The first kappa shape index (κ1) is 27.9. The molecular formula is C28H36ClN5O4. The van der Waals surface area contributed by atoms with Crippen LogP contribution in [0.2, 0.25) is 0 Å². The van der Waals surface area contributed by atoms with E-state index in [0.717, 1.165) is 61.7 Å². The highest BCUT2D eigenvalue weighted by molar-refractivity contribution is 6.05. The van der Waals surface area contributed by atoms with Crippen LogP contribution >= 0.6 is 12.4 Å². The molecular weight excluding hydrogens is 506 g/mol. The van der Waals surface area contributed by atoms with Crippen molar-refractivity contribution in [3.8, 4) is 5.75 Å². The van der Waals surface area contributed by atoms with Crippen LogP contribution in [-0.4, -0.2) is 72.9 Å². The second kappa shape index (κ2) is 12.1. The molecule has 0 spiro atoms. The molecule has 0 bridgehead atoms. The monoisotopic (exact) mass is 541 g/mol. The Bertz CT molecular complexity index is 1180. The largest absolute Gasteiger partial charge is 0.494 e. The van der Waals surface area contributed by atoms with Gasteiger partial charge in [0.15, 0.2) is 0 Å². The zero-order valence-electron chi connectivity index (χ0n) is 21.7. The number of amides is 3. The first-order valence-electron chi connectivity index (χ1n) is 13.1. The summed E-state index contributed by atoms with van der Waals surface area (Å²) in [7, 11) is 0. The fourth-order valence-electron chi connectivity index (χ4n) is 5.35. The molecule has 0 aliphatic carbocycles. The summed E-state index contributed by atoms with van der Waals surface area (Å²) in [5, 5.41) is 2.36. The van der Waals surface area contributed by atoms with Gasteiger partial charge in [0.1, 0.15) is 11.8 Å². The number of benzene rings is 2. The Kier molecular flexibility index (Phi) is 8.91. The summed E-state index contributed by atoms with van der Waals surface area (Å²) >= 11 is 0. The van der Waals surface area contributed by atoms with Gasteiger partial charge < -0.3 is 20.3 Å². The van der Waals surface area contributed by atoms with E-state index in [1.54, 1.807) is 4.90 Å². The molecule has 3 aliphatic heterocycles. The number of nitrogens with zero attached hydrogens (tertiary/aromatic N) is 3. The predicted octanol–water partition coefficient (Wildman–Crippen LogP) is 2.48. The van der Waals surface area contributed by atoms with Gasteiger partial charge in [-0.3, -0.25) is 24.6 Å². The van der Waals surface area contributed by atoms with Crippen LogP contribution in [0, 0.1) is 0 Å². The van der Waals surface area contributed by atoms with Crippen LogP contribution < -0.4 is 20.7 Å². The van der Waals surface area contributed by atoms with E-state index in [1.807, 2.05) is 43.3 Å². The number of halogens is 1. The number of nitrogens with one attached hydrogen (secondary N) is 1. The summed E-state index contributed by atoms with van der Waals surface area (Å²) in [5.74, 6) is 0.0855. The molecule has 2 aromatic rings. The highest BCUT2D eigenvalue weighted by Crippen LogP contribution is 2.31. The summed E-state index contributed by atoms with van der Waals surface area (Å²) in [6.45, 7) is 7.81. The minimum Gasteiger partial charge on any atom is -0.494 e. The maximum absolute atomic E-state index is 12.9. The van der Waals surface area contributed by atoms with Crippen molar-refractivity contribution in [1.82, 2.24) is 15.1 Å². The van der Waals surface area contributed by atoms with Gasteiger partial charge in [0.05, 0.1) is 6.61 Å².